The molecule has 0 fully saturated rings. The van der Waals surface area contributed by atoms with Crippen molar-refractivity contribution < 1.29 is 5.11 Å². The summed E-state index contributed by atoms with van der Waals surface area (Å²) >= 11 is 0. The van der Waals surface area contributed by atoms with Crippen molar-refractivity contribution in [1.82, 2.24) is 5.32 Å². The lowest BCUT2D eigenvalue weighted by atomic mass is 10.1. The number of nitrogens with one attached hydrogen (secondary N) is 1. The lowest BCUT2D eigenvalue weighted by Crippen LogP contribution is -2.30. The van der Waals surface area contributed by atoms with Crippen molar-refractivity contribution in [2.24, 2.45) is 5.92 Å². The van der Waals surface area contributed by atoms with Crippen molar-refractivity contribution in [2.75, 3.05) is 0 Å². The summed E-state index contributed by atoms with van der Waals surface area (Å²) < 4.78 is 0. The minimum atomic E-state index is 0.418. The fraction of sp³-hybridized carbons (Fsp3) is 0.538. The van der Waals surface area contributed by atoms with Gasteiger partial charge in [-0.25, -0.2) is 0 Å². The van der Waals surface area contributed by atoms with E-state index in [4.69, 9.17) is 0 Å². The number of phenolic OH excluding ortho intramolecular Hbond substituents is 1. The molecule has 0 aromatic heterocycles. The van der Waals surface area contributed by atoms with Gasteiger partial charge in [-0.1, -0.05) is 32.0 Å². The monoisotopic (exact) mass is 207 g/mol. The highest BCUT2D eigenvalue weighted by atomic mass is 16.3. The largest absolute Gasteiger partial charge is 0.507 e. The third-order valence-corrected chi connectivity index (χ3v) is 2.94. The SMILES string of the molecule is Cc1cccc(CNC(C)C(C)C)c1O. The first-order valence-electron chi connectivity index (χ1n) is 5.53. The summed E-state index contributed by atoms with van der Waals surface area (Å²) in [6, 6.07) is 6.32. The predicted molar refractivity (Wildman–Crippen MR) is 64.0 cm³/mol. The molecule has 2 heteroatoms. The lowest BCUT2D eigenvalue weighted by Gasteiger charge is -2.18. The van der Waals surface area contributed by atoms with Crippen LogP contribution in [-0.2, 0) is 6.54 Å². The van der Waals surface area contributed by atoms with Crippen LogP contribution >= 0.6 is 0 Å². The van der Waals surface area contributed by atoms with Crippen molar-refractivity contribution in [3.8, 4) is 5.75 Å². The molecule has 0 saturated heterocycles. The third-order valence-electron chi connectivity index (χ3n) is 2.94. The fourth-order valence-electron chi connectivity index (χ4n) is 1.37. The second-order valence-corrected chi connectivity index (χ2v) is 4.50. The average Bonchev–Trinajstić information content (AvgIpc) is 2.19. The molecular formula is C13H21NO. The highest BCUT2D eigenvalue weighted by Gasteiger charge is 2.08. The number of para-hydroxylation sites is 1. The number of aryl methyl sites for hydroxylation is 1. The number of hydrogen-bond donors (Lipinski definition) is 2. The Labute approximate surface area is 92.3 Å². The van der Waals surface area contributed by atoms with Crippen molar-refractivity contribution in [3.05, 3.63) is 29.3 Å². The molecule has 2 nitrogen and oxygen atoms in total. The Bertz CT molecular complexity index is 320. The third kappa shape index (κ3) is 3.24. The van der Waals surface area contributed by atoms with Gasteiger partial charge in [0.15, 0.2) is 0 Å². The zero-order chi connectivity index (χ0) is 11.4. The van der Waals surface area contributed by atoms with Gasteiger partial charge in [-0.15, -0.1) is 0 Å². The number of rotatable bonds is 4. The van der Waals surface area contributed by atoms with Gasteiger partial charge in [0.2, 0.25) is 0 Å². The van der Waals surface area contributed by atoms with E-state index in [0.29, 0.717) is 17.7 Å². The van der Waals surface area contributed by atoms with Gasteiger partial charge in [-0.05, 0) is 25.3 Å². The molecule has 0 aliphatic heterocycles. The molecule has 0 amide bonds. The van der Waals surface area contributed by atoms with Gasteiger partial charge in [-0.2, -0.15) is 0 Å². The molecule has 0 aliphatic rings. The Kier molecular flexibility index (Phi) is 4.15. The Balaban J connectivity index is 2.62. The molecule has 15 heavy (non-hydrogen) atoms. The Morgan fingerprint density at radius 1 is 1.27 bits per heavy atom. The van der Waals surface area contributed by atoms with Gasteiger partial charge in [0, 0.05) is 18.2 Å². The highest BCUT2D eigenvalue weighted by Crippen LogP contribution is 2.21. The Hall–Kier alpha value is -1.02. The minimum Gasteiger partial charge on any atom is -0.507 e. The van der Waals surface area contributed by atoms with Crippen molar-refractivity contribution in [1.29, 1.82) is 0 Å². The van der Waals surface area contributed by atoms with E-state index in [1.54, 1.807) is 0 Å². The maximum Gasteiger partial charge on any atom is 0.122 e. The molecule has 0 heterocycles. The van der Waals surface area contributed by atoms with Gasteiger partial charge in [0.1, 0.15) is 5.75 Å². The molecular weight excluding hydrogens is 186 g/mol. The highest BCUT2D eigenvalue weighted by molar-refractivity contribution is 5.39. The topological polar surface area (TPSA) is 32.3 Å². The average molecular weight is 207 g/mol. The van der Waals surface area contributed by atoms with E-state index in [1.165, 1.54) is 0 Å². The van der Waals surface area contributed by atoms with Crippen LogP contribution in [0.3, 0.4) is 0 Å². The van der Waals surface area contributed by atoms with E-state index >= 15 is 0 Å². The summed E-state index contributed by atoms with van der Waals surface area (Å²) in [6.45, 7) is 9.19. The molecule has 0 bridgehead atoms. The van der Waals surface area contributed by atoms with E-state index in [0.717, 1.165) is 17.7 Å². The van der Waals surface area contributed by atoms with Crippen LogP contribution in [0.2, 0.25) is 0 Å². The standard InChI is InChI=1S/C13H21NO/c1-9(2)11(4)14-8-12-7-5-6-10(3)13(12)15/h5-7,9,11,14-15H,8H2,1-4H3. The molecule has 0 saturated carbocycles. The first-order chi connectivity index (χ1) is 7.02. The van der Waals surface area contributed by atoms with Crippen LogP contribution in [0, 0.1) is 12.8 Å². The molecule has 0 aliphatic carbocycles. The van der Waals surface area contributed by atoms with Crippen molar-refractivity contribution >= 4 is 0 Å². The molecule has 1 unspecified atom stereocenters. The zero-order valence-electron chi connectivity index (χ0n) is 10.0. The number of aromatic hydroxyl groups is 1. The fourth-order valence-corrected chi connectivity index (χ4v) is 1.37. The van der Waals surface area contributed by atoms with Gasteiger partial charge in [0.05, 0.1) is 0 Å². The lowest BCUT2D eigenvalue weighted by molar-refractivity contribution is 0.414. The molecule has 2 N–H and O–H groups in total. The smallest absolute Gasteiger partial charge is 0.122 e. The van der Waals surface area contributed by atoms with Crippen LogP contribution in [0.5, 0.6) is 5.75 Å². The molecule has 1 atom stereocenters. The molecule has 1 aromatic rings. The summed E-state index contributed by atoms with van der Waals surface area (Å²) in [6.07, 6.45) is 0. The van der Waals surface area contributed by atoms with Crippen LogP contribution in [0.25, 0.3) is 0 Å². The number of benzene rings is 1. The quantitative estimate of drug-likeness (QED) is 0.795. The summed E-state index contributed by atoms with van der Waals surface area (Å²) in [7, 11) is 0. The molecule has 1 aromatic carbocycles. The Morgan fingerprint density at radius 2 is 1.93 bits per heavy atom. The van der Waals surface area contributed by atoms with Crippen LogP contribution in [-0.4, -0.2) is 11.1 Å². The first-order valence-corrected chi connectivity index (χ1v) is 5.53. The van der Waals surface area contributed by atoms with E-state index in [9.17, 15) is 5.11 Å². The molecule has 84 valence electrons. The van der Waals surface area contributed by atoms with Gasteiger partial charge in [-0.3, -0.25) is 0 Å². The summed E-state index contributed by atoms with van der Waals surface area (Å²) in [5, 5.41) is 13.2. The van der Waals surface area contributed by atoms with E-state index in [-0.39, 0.29) is 0 Å². The van der Waals surface area contributed by atoms with Crippen LogP contribution in [0.1, 0.15) is 31.9 Å². The molecule has 1 rings (SSSR count). The molecule has 0 radical (unpaired) electrons. The van der Waals surface area contributed by atoms with Gasteiger partial charge < -0.3 is 10.4 Å². The predicted octanol–water partition coefficient (Wildman–Crippen LogP) is 2.83. The van der Waals surface area contributed by atoms with E-state index in [1.807, 2.05) is 25.1 Å². The Morgan fingerprint density at radius 3 is 2.53 bits per heavy atom. The van der Waals surface area contributed by atoms with Gasteiger partial charge >= 0.3 is 0 Å². The zero-order valence-corrected chi connectivity index (χ0v) is 10.0. The maximum absolute atomic E-state index is 9.81. The second kappa shape index (κ2) is 5.17. The maximum atomic E-state index is 9.81. The van der Waals surface area contributed by atoms with E-state index < -0.39 is 0 Å². The summed E-state index contributed by atoms with van der Waals surface area (Å²) in [5.41, 5.74) is 1.91. The van der Waals surface area contributed by atoms with Crippen LogP contribution in [0.15, 0.2) is 18.2 Å². The van der Waals surface area contributed by atoms with Crippen molar-refractivity contribution in [3.63, 3.8) is 0 Å². The number of phenols is 1. The first kappa shape index (κ1) is 12.1. The van der Waals surface area contributed by atoms with Crippen LogP contribution < -0.4 is 5.32 Å². The second-order valence-electron chi connectivity index (χ2n) is 4.50. The normalized spacial score (nSPS) is 13.1. The van der Waals surface area contributed by atoms with E-state index in [2.05, 4.69) is 26.1 Å². The minimum absolute atomic E-state index is 0.418. The van der Waals surface area contributed by atoms with Gasteiger partial charge in [0.25, 0.3) is 0 Å². The molecule has 0 spiro atoms. The summed E-state index contributed by atoms with van der Waals surface area (Å²) in [5.74, 6) is 1.03. The van der Waals surface area contributed by atoms with Crippen LogP contribution in [0.4, 0.5) is 0 Å². The summed E-state index contributed by atoms with van der Waals surface area (Å²) in [4.78, 5) is 0. The van der Waals surface area contributed by atoms with Crippen molar-refractivity contribution in [2.45, 2.75) is 40.3 Å². The number of hydrogen-bond acceptors (Lipinski definition) is 2.